The summed E-state index contributed by atoms with van der Waals surface area (Å²) in [5.74, 6) is 1.91. The van der Waals surface area contributed by atoms with E-state index in [0.29, 0.717) is 11.5 Å². The van der Waals surface area contributed by atoms with Crippen LogP contribution in [-0.4, -0.2) is 30.4 Å². The molecule has 1 aromatic heterocycles. The highest BCUT2D eigenvalue weighted by atomic mass is 16.5. The van der Waals surface area contributed by atoms with Gasteiger partial charge in [0.05, 0.1) is 20.3 Å². The predicted molar refractivity (Wildman–Crippen MR) is 88.9 cm³/mol. The first-order valence-corrected chi connectivity index (χ1v) is 8.01. The lowest BCUT2D eigenvalue weighted by Crippen LogP contribution is -2.25. The van der Waals surface area contributed by atoms with Crippen molar-refractivity contribution in [3.63, 3.8) is 0 Å². The molecule has 0 amide bonds. The Balaban J connectivity index is 1.74. The van der Waals surface area contributed by atoms with Gasteiger partial charge in [0.15, 0.2) is 11.5 Å². The summed E-state index contributed by atoms with van der Waals surface area (Å²) in [7, 11) is 3.26. The maximum atomic E-state index is 10.8. The number of H-pyrrole nitrogens is 1. The molecule has 23 heavy (non-hydrogen) atoms. The SMILES string of the molecule is COc1ccc(C2=CC3c4[nH]ccc4CCC3C2O)cc1OC. The lowest BCUT2D eigenvalue weighted by Gasteiger charge is -2.28. The summed E-state index contributed by atoms with van der Waals surface area (Å²) in [6.45, 7) is 0. The van der Waals surface area contributed by atoms with Crippen molar-refractivity contribution in [3.05, 3.63) is 53.4 Å². The van der Waals surface area contributed by atoms with Gasteiger partial charge < -0.3 is 19.6 Å². The number of aliphatic hydroxyl groups excluding tert-OH is 1. The number of hydrogen-bond donors (Lipinski definition) is 2. The van der Waals surface area contributed by atoms with E-state index in [4.69, 9.17) is 9.47 Å². The summed E-state index contributed by atoms with van der Waals surface area (Å²) >= 11 is 0. The van der Waals surface area contributed by atoms with Crippen molar-refractivity contribution in [3.8, 4) is 11.5 Å². The van der Waals surface area contributed by atoms with Crippen LogP contribution in [0.3, 0.4) is 0 Å². The number of aliphatic hydroxyl groups is 1. The Morgan fingerprint density at radius 3 is 2.74 bits per heavy atom. The Labute approximate surface area is 135 Å². The van der Waals surface area contributed by atoms with Gasteiger partial charge >= 0.3 is 0 Å². The van der Waals surface area contributed by atoms with Crippen LogP contribution in [0.2, 0.25) is 0 Å². The van der Waals surface area contributed by atoms with Crippen molar-refractivity contribution in [1.29, 1.82) is 0 Å². The van der Waals surface area contributed by atoms with Gasteiger partial charge in [0.2, 0.25) is 0 Å². The Bertz CT molecular complexity index is 762. The molecule has 4 heteroatoms. The molecule has 2 aliphatic carbocycles. The Hall–Kier alpha value is -2.20. The highest BCUT2D eigenvalue weighted by molar-refractivity contribution is 5.75. The molecule has 4 nitrogen and oxygen atoms in total. The number of aryl methyl sites for hydroxylation is 1. The van der Waals surface area contributed by atoms with Gasteiger partial charge in [0.1, 0.15) is 0 Å². The molecule has 0 spiro atoms. The first-order chi connectivity index (χ1) is 11.2. The monoisotopic (exact) mass is 311 g/mol. The lowest BCUT2D eigenvalue weighted by atomic mass is 9.79. The predicted octanol–water partition coefficient (Wildman–Crippen LogP) is 3.14. The Morgan fingerprint density at radius 2 is 1.96 bits per heavy atom. The third kappa shape index (κ3) is 2.17. The second kappa shape index (κ2) is 5.46. The van der Waals surface area contributed by atoms with Gasteiger partial charge in [-0.15, -0.1) is 0 Å². The summed E-state index contributed by atoms with van der Waals surface area (Å²) in [6, 6.07) is 7.98. The molecule has 0 bridgehead atoms. The summed E-state index contributed by atoms with van der Waals surface area (Å²) in [6.07, 6.45) is 5.83. The quantitative estimate of drug-likeness (QED) is 0.915. The zero-order chi connectivity index (χ0) is 16.0. The molecule has 0 fully saturated rings. The molecular weight excluding hydrogens is 290 g/mol. The van der Waals surface area contributed by atoms with E-state index in [0.717, 1.165) is 24.0 Å². The van der Waals surface area contributed by atoms with Crippen molar-refractivity contribution in [2.45, 2.75) is 24.9 Å². The maximum absolute atomic E-state index is 10.8. The van der Waals surface area contributed by atoms with Gasteiger partial charge in [-0.25, -0.2) is 0 Å². The van der Waals surface area contributed by atoms with Crippen LogP contribution in [-0.2, 0) is 6.42 Å². The summed E-state index contributed by atoms with van der Waals surface area (Å²) in [4.78, 5) is 3.36. The van der Waals surface area contributed by atoms with E-state index in [1.54, 1.807) is 14.2 Å². The molecule has 1 heterocycles. The Kier molecular flexibility index (Phi) is 3.42. The standard InChI is InChI=1S/C19H21NO3/c1-22-16-6-4-12(9-17(16)23-2)14-10-15-13(19(14)21)5-3-11-7-8-20-18(11)15/h4,6-10,13,15,19-21H,3,5H2,1-2H3. The van der Waals surface area contributed by atoms with E-state index >= 15 is 0 Å². The van der Waals surface area contributed by atoms with Crippen LogP contribution >= 0.6 is 0 Å². The fourth-order valence-corrected chi connectivity index (χ4v) is 4.03. The topological polar surface area (TPSA) is 54.5 Å². The molecule has 3 unspecified atom stereocenters. The van der Waals surface area contributed by atoms with E-state index in [2.05, 4.69) is 17.1 Å². The molecule has 0 radical (unpaired) electrons. The Morgan fingerprint density at radius 1 is 1.13 bits per heavy atom. The van der Waals surface area contributed by atoms with Crippen LogP contribution in [0.25, 0.3) is 5.57 Å². The van der Waals surface area contributed by atoms with Crippen molar-refractivity contribution in [2.75, 3.05) is 14.2 Å². The largest absolute Gasteiger partial charge is 0.493 e. The molecule has 2 N–H and O–H groups in total. The molecule has 120 valence electrons. The number of hydrogen-bond acceptors (Lipinski definition) is 3. The van der Waals surface area contributed by atoms with Crippen LogP contribution in [0, 0.1) is 5.92 Å². The number of benzene rings is 1. The summed E-state index contributed by atoms with van der Waals surface area (Å²) in [5.41, 5.74) is 4.63. The van der Waals surface area contributed by atoms with Crippen LogP contribution in [0.15, 0.2) is 36.5 Å². The first kappa shape index (κ1) is 14.4. The number of nitrogens with one attached hydrogen (secondary N) is 1. The van der Waals surface area contributed by atoms with Gasteiger partial charge in [-0.05, 0) is 47.7 Å². The smallest absolute Gasteiger partial charge is 0.161 e. The third-order valence-electron chi connectivity index (χ3n) is 5.21. The van der Waals surface area contributed by atoms with Crippen molar-refractivity contribution < 1.29 is 14.6 Å². The zero-order valence-corrected chi connectivity index (χ0v) is 13.4. The second-order valence-corrected chi connectivity index (χ2v) is 6.28. The molecule has 4 rings (SSSR count). The van der Waals surface area contributed by atoms with E-state index in [1.165, 1.54) is 11.3 Å². The summed E-state index contributed by atoms with van der Waals surface area (Å²) < 4.78 is 10.7. The third-order valence-corrected chi connectivity index (χ3v) is 5.21. The molecule has 3 atom stereocenters. The minimum atomic E-state index is -0.436. The van der Waals surface area contributed by atoms with Crippen LogP contribution in [0.5, 0.6) is 11.5 Å². The molecule has 2 aliphatic rings. The molecule has 0 saturated carbocycles. The molecule has 1 aromatic carbocycles. The van der Waals surface area contributed by atoms with E-state index in [1.807, 2.05) is 24.4 Å². The normalized spacial score (nSPS) is 25.5. The minimum absolute atomic E-state index is 0.254. The number of aromatic amines is 1. The number of rotatable bonds is 3. The van der Waals surface area contributed by atoms with Gasteiger partial charge in [-0.1, -0.05) is 12.1 Å². The average Bonchev–Trinajstić information content (AvgIpc) is 3.18. The van der Waals surface area contributed by atoms with Crippen molar-refractivity contribution >= 4 is 5.57 Å². The maximum Gasteiger partial charge on any atom is 0.161 e. The number of ether oxygens (including phenoxy) is 2. The highest BCUT2D eigenvalue weighted by Gasteiger charge is 2.40. The number of methoxy groups -OCH3 is 2. The lowest BCUT2D eigenvalue weighted by molar-refractivity contribution is 0.152. The second-order valence-electron chi connectivity index (χ2n) is 6.28. The highest BCUT2D eigenvalue weighted by Crippen LogP contribution is 2.48. The van der Waals surface area contributed by atoms with Crippen LogP contribution in [0.1, 0.15) is 29.2 Å². The average molecular weight is 311 g/mol. The van der Waals surface area contributed by atoms with Gasteiger partial charge in [0, 0.05) is 23.7 Å². The van der Waals surface area contributed by atoms with Crippen molar-refractivity contribution in [1.82, 2.24) is 4.98 Å². The van der Waals surface area contributed by atoms with Crippen LogP contribution < -0.4 is 9.47 Å². The first-order valence-electron chi connectivity index (χ1n) is 8.01. The molecule has 0 aliphatic heterocycles. The number of aromatic nitrogens is 1. The number of allylic oxidation sites excluding steroid dienone is 1. The number of fused-ring (bicyclic) bond motifs is 3. The zero-order valence-electron chi connectivity index (χ0n) is 13.4. The van der Waals surface area contributed by atoms with Gasteiger partial charge in [-0.3, -0.25) is 0 Å². The van der Waals surface area contributed by atoms with Gasteiger partial charge in [-0.2, -0.15) is 0 Å². The summed E-state index contributed by atoms with van der Waals surface area (Å²) in [5, 5.41) is 10.8. The van der Waals surface area contributed by atoms with Gasteiger partial charge in [0.25, 0.3) is 0 Å². The van der Waals surface area contributed by atoms with E-state index in [9.17, 15) is 5.11 Å². The van der Waals surface area contributed by atoms with E-state index in [-0.39, 0.29) is 11.8 Å². The fourth-order valence-electron chi connectivity index (χ4n) is 4.03. The van der Waals surface area contributed by atoms with Crippen LogP contribution in [0.4, 0.5) is 0 Å². The molecule has 0 saturated heterocycles. The van der Waals surface area contributed by atoms with Crippen molar-refractivity contribution in [2.24, 2.45) is 5.92 Å². The minimum Gasteiger partial charge on any atom is -0.493 e. The van der Waals surface area contributed by atoms with E-state index < -0.39 is 6.10 Å². The molecular formula is C19H21NO3. The molecule has 2 aromatic rings. The fraction of sp³-hybridized carbons (Fsp3) is 0.368.